The summed E-state index contributed by atoms with van der Waals surface area (Å²) >= 11 is 0. The summed E-state index contributed by atoms with van der Waals surface area (Å²) < 4.78 is 28.6. The molecule has 0 aliphatic heterocycles. The summed E-state index contributed by atoms with van der Waals surface area (Å²) in [7, 11) is -1.98. The van der Waals surface area contributed by atoms with Crippen LogP contribution in [0, 0.1) is 18.3 Å². The fourth-order valence-corrected chi connectivity index (χ4v) is 3.05. The third kappa shape index (κ3) is 3.21. The quantitative estimate of drug-likeness (QED) is 0.805. The number of anilines is 1. The molecule has 0 fully saturated rings. The van der Waals surface area contributed by atoms with Gasteiger partial charge in [-0.15, -0.1) is 0 Å². The molecule has 110 valence electrons. The maximum absolute atomic E-state index is 12.2. The largest absolute Gasteiger partial charge is 0.398 e. The lowest BCUT2D eigenvalue weighted by molar-refractivity contribution is 0.581. The molecule has 2 aromatic rings. The van der Waals surface area contributed by atoms with Gasteiger partial charge in [0.05, 0.1) is 23.0 Å². The van der Waals surface area contributed by atoms with Gasteiger partial charge in [-0.25, -0.2) is 13.1 Å². The van der Waals surface area contributed by atoms with Crippen LogP contribution in [0.4, 0.5) is 5.69 Å². The molecule has 1 heterocycles. The van der Waals surface area contributed by atoms with Gasteiger partial charge in [-0.05, 0) is 25.1 Å². The Morgan fingerprint density at radius 3 is 2.71 bits per heavy atom. The minimum atomic E-state index is -3.74. The summed E-state index contributed by atoms with van der Waals surface area (Å²) in [6, 6.07) is 5.99. The van der Waals surface area contributed by atoms with Crippen molar-refractivity contribution in [3.8, 4) is 6.07 Å². The van der Waals surface area contributed by atoms with Crippen molar-refractivity contribution in [2.45, 2.75) is 18.4 Å². The maximum Gasteiger partial charge on any atom is 0.242 e. The highest BCUT2D eigenvalue weighted by atomic mass is 32.2. The Balaban J connectivity index is 2.23. The first-order valence-electron chi connectivity index (χ1n) is 6.12. The van der Waals surface area contributed by atoms with Gasteiger partial charge in [0.15, 0.2) is 0 Å². The first-order chi connectivity index (χ1) is 9.83. The lowest BCUT2D eigenvalue weighted by Crippen LogP contribution is -2.24. The van der Waals surface area contributed by atoms with Gasteiger partial charge in [-0.1, -0.05) is 0 Å². The van der Waals surface area contributed by atoms with Crippen LogP contribution >= 0.6 is 0 Å². The number of nitrogens with one attached hydrogen (secondary N) is 1. The second-order valence-corrected chi connectivity index (χ2v) is 6.34. The van der Waals surface area contributed by atoms with Crippen LogP contribution < -0.4 is 10.5 Å². The van der Waals surface area contributed by atoms with Crippen LogP contribution in [-0.2, 0) is 23.6 Å². The summed E-state index contributed by atoms with van der Waals surface area (Å²) in [4.78, 5) is -0.0388. The minimum Gasteiger partial charge on any atom is -0.398 e. The molecule has 0 atom stereocenters. The van der Waals surface area contributed by atoms with E-state index < -0.39 is 10.0 Å². The van der Waals surface area contributed by atoms with E-state index in [1.54, 1.807) is 24.9 Å². The Morgan fingerprint density at radius 1 is 1.48 bits per heavy atom. The molecule has 2 rings (SSSR count). The number of nitrogens with two attached hydrogens (primary N) is 1. The molecule has 7 nitrogen and oxygen atoms in total. The molecule has 0 aliphatic carbocycles. The van der Waals surface area contributed by atoms with Gasteiger partial charge >= 0.3 is 0 Å². The Labute approximate surface area is 123 Å². The zero-order valence-electron chi connectivity index (χ0n) is 11.7. The van der Waals surface area contributed by atoms with Crippen LogP contribution in [0.25, 0.3) is 0 Å². The van der Waals surface area contributed by atoms with Gasteiger partial charge < -0.3 is 5.73 Å². The Hall–Kier alpha value is -2.37. The predicted molar refractivity (Wildman–Crippen MR) is 77.5 cm³/mol. The van der Waals surface area contributed by atoms with Crippen LogP contribution in [0.15, 0.2) is 29.3 Å². The fraction of sp³-hybridized carbons (Fsp3) is 0.231. The number of aryl methyl sites for hydroxylation is 2. The van der Waals surface area contributed by atoms with Gasteiger partial charge in [0, 0.05) is 25.4 Å². The fourth-order valence-electron chi connectivity index (χ4n) is 1.94. The molecule has 0 saturated heterocycles. The molecule has 0 radical (unpaired) electrons. The molecule has 0 spiro atoms. The van der Waals surface area contributed by atoms with Crippen LogP contribution in [0.1, 0.15) is 16.8 Å². The van der Waals surface area contributed by atoms with Gasteiger partial charge in [0.25, 0.3) is 0 Å². The van der Waals surface area contributed by atoms with Gasteiger partial charge in [-0.3, -0.25) is 4.68 Å². The Kier molecular flexibility index (Phi) is 3.97. The van der Waals surface area contributed by atoms with E-state index in [0.717, 1.165) is 11.3 Å². The molecule has 1 aromatic heterocycles. The molecular weight excluding hydrogens is 290 g/mol. The number of nitrogen functional groups attached to an aromatic ring is 1. The van der Waals surface area contributed by atoms with E-state index in [2.05, 4.69) is 9.82 Å². The predicted octanol–water partition coefficient (Wildman–Crippen LogP) is 0.661. The van der Waals surface area contributed by atoms with Crippen LogP contribution in [0.2, 0.25) is 0 Å². The summed E-state index contributed by atoms with van der Waals surface area (Å²) in [6.07, 6.45) is 1.75. The number of aromatic nitrogens is 2. The van der Waals surface area contributed by atoms with Crippen LogP contribution in [-0.4, -0.2) is 18.2 Å². The first kappa shape index (κ1) is 15.0. The van der Waals surface area contributed by atoms with Crippen molar-refractivity contribution in [3.05, 3.63) is 41.2 Å². The molecule has 0 bridgehead atoms. The third-order valence-corrected chi connectivity index (χ3v) is 4.47. The SMILES string of the molecule is Cc1nn(C)cc1CNS(=O)(=O)c1ccc(C#N)cc1N. The molecule has 1 aromatic carbocycles. The van der Waals surface area contributed by atoms with Crippen LogP contribution in [0.5, 0.6) is 0 Å². The molecule has 0 unspecified atom stereocenters. The van der Waals surface area contributed by atoms with Gasteiger partial charge in [0.1, 0.15) is 4.90 Å². The lowest BCUT2D eigenvalue weighted by atomic mass is 10.2. The maximum atomic E-state index is 12.2. The molecule has 0 saturated carbocycles. The summed E-state index contributed by atoms with van der Waals surface area (Å²) in [5.41, 5.74) is 7.60. The monoisotopic (exact) mass is 305 g/mol. The highest BCUT2D eigenvalue weighted by Crippen LogP contribution is 2.19. The number of rotatable bonds is 4. The molecule has 0 aliphatic rings. The van der Waals surface area contributed by atoms with Crippen molar-refractivity contribution in [3.63, 3.8) is 0 Å². The van der Waals surface area contributed by atoms with Crippen molar-refractivity contribution in [2.75, 3.05) is 5.73 Å². The minimum absolute atomic E-state index is 0.0388. The zero-order valence-corrected chi connectivity index (χ0v) is 12.5. The van der Waals surface area contributed by atoms with E-state index in [1.165, 1.54) is 18.2 Å². The first-order valence-corrected chi connectivity index (χ1v) is 7.60. The zero-order chi connectivity index (χ0) is 15.6. The summed E-state index contributed by atoms with van der Waals surface area (Å²) in [6.45, 7) is 1.93. The smallest absolute Gasteiger partial charge is 0.242 e. The van der Waals surface area contributed by atoms with E-state index in [4.69, 9.17) is 11.0 Å². The van der Waals surface area contributed by atoms with Crippen molar-refractivity contribution in [1.82, 2.24) is 14.5 Å². The van der Waals surface area contributed by atoms with Gasteiger partial charge in [0.2, 0.25) is 10.0 Å². The van der Waals surface area contributed by atoms with E-state index in [0.29, 0.717) is 5.56 Å². The van der Waals surface area contributed by atoms with Gasteiger partial charge in [-0.2, -0.15) is 10.4 Å². The third-order valence-electron chi connectivity index (χ3n) is 3.00. The molecule has 0 amide bonds. The number of sulfonamides is 1. The topological polar surface area (TPSA) is 114 Å². The van der Waals surface area contributed by atoms with E-state index in [-0.39, 0.29) is 17.1 Å². The Bertz CT molecular complexity index is 818. The normalized spacial score (nSPS) is 11.3. The molecule has 8 heteroatoms. The number of hydrogen-bond donors (Lipinski definition) is 2. The molecule has 21 heavy (non-hydrogen) atoms. The van der Waals surface area contributed by atoms with E-state index in [9.17, 15) is 8.42 Å². The average Bonchev–Trinajstić information content (AvgIpc) is 2.74. The number of hydrogen-bond acceptors (Lipinski definition) is 5. The van der Waals surface area contributed by atoms with Crippen molar-refractivity contribution in [1.29, 1.82) is 5.26 Å². The van der Waals surface area contributed by atoms with E-state index >= 15 is 0 Å². The van der Waals surface area contributed by atoms with Crippen molar-refractivity contribution >= 4 is 15.7 Å². The van der Waals surface area contributed by atoms with E-state index in [1.807, 2.05) is 6.07 Å². The lowest BCUT2D eigenvalue weighted by Gasteiger charge is -2.08. The Morgan fingerprint density at radius 2 is 2.19 bits per heavy atom. The van der Waals surface area contributed by atoms with Crippen molar-refractivity contribution < 1.29 is 8.42 Å². The van der Waals surface area contributed by atoms with Crippen molar-refractivity contribution in [2.24, 2.45) is 7.05 Å². The number of nitrogens with zero attached hydrogens (tertiary/aromatic N) is 3. The summed E-state index contributed by atoms with van der Waals surface area (Å²) in [5.74, 6) is 0. The average molecular weight is 305 g/mol. The van der Waals surface area contributed by atoms with Crippen LogP contribution in [0.3, 0.4) is 0 Å². The molecule has 3 N–H and O–H groups in total. The summed E-state index contributed by atoms with van der Waals surface area (Å²) in [5, 5.41) is 12.9. The number of nitriles is 1. The highest BCUT2D eigenvalue weighted by molar-refractivity contribution is 7.89. The molecular formula is C13H15N5O2S. The standard InChI is InChI=1S/C13H15N5O2S/c1-9-11(8-18(2)17-9)7-16-21(19,20)13-4-3-10(6-14)5-12(13)15/h3-5,8,16H,7,15H2,1-2H3. The number of benzene rings is 1. The second kappa shape index (κ2) is 5.55. The second-order valence-electron chi connectivity index (χ2n) is 4.60. The highest BCUT2D eigenvalue weighted by Gasteiger charge is 2.18.